The van der Waals surface area contributed by atoms with Crippen molar-refractivity contribution in [3.05, 3.63) is 58.5 Å². The fourth-order valence-electron chi connectivity index (χ4n) is 2.86. The Labute approximate surface area is 163 Å². The number of nitrogens with one attached hydrogen (secondary N) is 1. The fraction of sp³-hybridized carbons (Fsp3) is 0.300. The molecule has 27 heavy (non-hydrogen) atoms. The highest BCUT2D eigenvalue weighted by molar-refractivity contribution is 7.12. The zero-order valence-electron chi connectivity index (χ0n) is 15.7. The van der Waals surface area contributed by atoms with E-state index in [0.29, 0.717) is 23.7 Å². The summed E-state index contributed by atoms with van der Waals surface area (Å²) in [7, 11) is 3.81. The SMILES string of the molecule is Cc1ccc(-c2ccsc2C(=O)Nc2cnn(C[C@@H](O)CN(C)C)c2)cc1. The van der Waals surface area contributed by atoms with Gasteiger partial charge in [-0.3, -0.25) is 9.48 Å². The zero-order valence-corrected chi connectivity index (χ0v) is 16.5. The molecule has 0 radical (unpaired) electrons. The molecule has 3 rings (SSSR count). The first-order chi connectivity index (χ1) is 12.9. The van der Waals surface area contributed by atoms with Gasteiger partial charge in [-0.15, -0.1) is 11.3 Å². The number of nitrogens with zero attached hydrogens (tertiary/aromatic N) is 3. The third-order valence-corrected chi connectivity index (χ3v) is 5.01. The Balaban J connectivity index is 1.68. The standard InChI is InChI=1S/C20H24N4O2S/c1-14-4-6-15(7-5-14)18-8-9-27-19(18)20(26)22-16-10-21-24(11-16)13-17(25)12-23(2)3/h4-11,17,25H,12-13H2,1-3H3,(H,22,26)/t17-/m0/s1. The molecule has 0 saturated carbocycles. The van der Waals surface area contributed by atoms with Crippen molar-refractivity contribution in [2.75, 3.05) is 26.0 Å². The highest BCUT2D eigenvalue weighted by Crippen LogP contribution is 2.29. The summed E-state index contributed by atoms with van der Waals surface area (Å²) in [5.41, 5.74) is 3.74. The number of thiophene rings is 1. The molecule has 7 heteroatoms. The van der Waals surface area contributed by atoms with E-state index in [-0.39, 0.29) is 5.91 Å². The second-order valence-corrected chi connectivity index (χ2v) is 7.77. The predicted molar refractivity (Wildman–Crippen MR) is 109 cm³/mol. The summed E-state index contributed by atoms with van der Waals surface area (Å²) in [5.74, 6) is -0.158. The van der Waals surface area contributed by atoms with Crippen LogP contribution in [0, 0.1) is 6.92 Å². The second kappa shape index (κ2) is 8.47. The van der Waals surface area contributed by atoms with E-state index in [4.69, 9.17) is 0 Å². The van der Waals surface area contributed by atoms with Crippen LogP contribution in [-0.4, -0.2) is 52.4 Å². The van der Waals surface area contributed by atoms with Crippen LogP contribution in [0.3, 0.4) is 0 Å². The van der Waals surface area contributed by atoms with Crippen LogP contribution >= 0.6 is 11.3 Å². The van der Waals surface area contributed by atoms with Crippen molar-refractivity contribution in [3.63, 3.8) is 0 Å². The lowest BCUT2D eigenvalue weighted by Crippen LogP contribution is -2.29. The number of rotatable bonds is 7. The van der Waals surface area contributed by atoms with Crippen LogP contribution in [0.1, 0.15) is 15.2 Å². The van der Waals surface area contributed by atoms with E-state index in [9.17, 15) is 9.90 Å². The quantitative estimate of drug-likeness (QED) is 0.657. The van der Waals surface area contributed by atoms with E-state index >= 15 is 0 Å². The van der Waals surface area contributed by atoms with Gasteiger partial charge in [-0.1, -0.05) is 29.8 Å². The molecule has 0 aliphatic heterocycles. The average Bonchev–Trinajstić information content (AvgIpc) is 3.24. The van der Waals surface area contributed by atoms with Crippen LogP contribution in [0.4, 0.5) is 5.69 Å². The third kappa shape index (κ3) is 5.03. The first-order valence-corrected chi connectivity index (χ1v) is 9.61. The third-order valence-electron chi connectivity index (χ3n) is 4.10. The largest absolute Gasteiger partial charge is 0.390 e. The van der Waals surface area contributed by atoms with Crippen molar-refractivity contribution < 1.29 is 9.90 Å². The number of carbonyl (C=O) groups excluding carboxylic acids is 1. The number of carbonyl (C=O) groups is 1. The molecule has 0 aliphatic carbocycles. The Morgan fingerprint density at radius 3 is 2.74 bits per heavy atom. The van der Waals surface area contributed by atoms with Gasteiger partial charge in [0.2, 0.25) is 0 Å². The Morgan fingerprint density at radius 2 is 2.04 bits per heavy atom. The van der Waals surface area contributed by atoms with Gasteiger partial charge in [-0.25, -0.2) is 0 Å². The summed E-state index contributed by atoms with van der Waals surface area (Å²) in [6.07, 6.45) is 2.81. The van der Waals surface area contributed by atoms with Gasteiger partial charge in [0, 0.05) is 18.3 Å². The highest BCUT2D eigenvalue weighted by atomic mass is 32.1. The maximum Gasteiger partial charge on any atom is 0.266 e. The average molecular weight is 385 g/mol. The van der Waals surface area contributed by atoms with Crippen LogP contribution in [0.25, 0.3) is 11.1 Å². The summed E-state index contributed by atoms with van der Waals surface area (Å²) in [4.78, 5) is 15.3. The van der Waals surface area contributed by atoms with Gasteiger partial charge < -0.3 is 15.3 Å². The number of anilines is 1. The molecule has 6 nitrogen and oxygen atoms in total. The second-order valence-electron chi connectivity index (χ2n) is 6.85. The van der Waals surface area contributed by atoms with Gasteiger partial charge in [0.25, 0.3) is 5.91 Å². The van der Waals surface area contributed by atoms with Gasteiger partial charge in [0.1, 0.15) is 0 Å². The van der Waals surface area contributed by atoms with Crippen molar-refractivity contribution in [2.24, 2.45) is 0 Å². The molecule has 2 N–H and O–H groups in total. The Kier molecular flexibility index (Phi) is 6.05. The van der Waals surface area contributed by atoms with Crippen molar-refractivity contribution in [3.8, 4) is 11.1 Å². The topological polar surface area (TPSA) is 70.4 Å². The van der Waals surface area contributed by atoms with E-state index in [1.807, 2.05) is 61.6 Å². The summed E-state index contributed by atoms with van der Waals surface area (Å²) in [6, 6.07) is 10.1. The number of aryl methyl sites for hydroxylation is 1. The molecule has 0 spiro atoms. The van der Waals surface area contributed by atoms with Crippen molar-refractivity contribution >= 4 is 22.9 Å². The zero-order chi connectivity index (χ0) is 19.4. The van der Waals surface area contributed by atoms with Crippen molar-refractivity contribution in [1.82, 2.24) is 14.7 Å². The smallest absolute Gasteiger partial charge is 0.266 e. The first kappa shape index (κ1) is 19.3. The van der Waals surface area contributed by atoms with Crippen LogP contribution < -0.4 is 5.32 Å². The van der Waals surface area contributed by atoms with Gasteiger partial charge in [-0.05, 0) is 38.0 Å². The molecule has 2 heterocycles. The van der Waals surface area contributed by atoms with Crippen LogP contribution in [0.2, 0.25) is 0 Å². The maximum atomic E-state index is 12.7. The Hall–Kier alpha value is -2.48. The van der Waals surface area contributed by atoms with Crippen LogP contribution in [-0.2, 0) is 6.54 Å². The number of aromatic nitrogens is 2. The van der Waals surface area contributed by atoms with Gasteiger partial charge in [0.05, 0.1) is 29.4 Å². The fourth-order valence-corrected chi connectivity index (χ4v) is 3.67. The van der Waals surface area contributed by atoms with E-state index in [0.717, 1.165) is 11.1 Å². The van der Waals surface area contributed by atoms with Crippen LogP contribution in [0.5, 0.6) is 0 Å². The summed E-state index contributed by atoms with van der Waals surface area (Å²) in [5, 5.41) is 19.0. The molecule has 0 aliphatic rings. The molecule has 3 aromatic rings. The molecule has 142 valence electrons. The number of hydrogen-bond donors (Lipinski definition) is 2. The van der Waals surface area contributed by atoms with E-state index < -0.39 is 6.10 Å². The molecule has 2 aromatic heterocycles. The Morgan fingerprint density at radius 1 is 1.30 bits per heavy atom. The molecule has 1 amide bonds. The van der Waals surface area contributed by atoms with E-state index in [2.05, 4.69) is 10.4 Å². The number of likely N-dealkylation sites (N-methyl/N-ethyl adjacent to an activating group) is 1. The van der Waals surface area contributed by atoms with Gasteiger partial charge >= 0.3 is 0 Å². The minimum Gasteiger partial charge on any atom is -0.390 e. The van der Waals surface area contributed by atoms with E-state index in [1.54, 1.807) is 17.1 Å². The molecule has 1 atom stereocenters. The van der Waals surface area contributed by atoms with Gasteiger partial charge in [0.15, 0.2) is 0 Å². The molecule has 1 aromatic carbocycles. The molecular formula is C20H24N4O2S. The number of benzene rings is 1. The van der Waals surface area contributed by atoms with Gasteiger partial charge in [-0.2, -0.15) is 5.10 Å². The maximum absolute atomic E-state index is 12.7. The van der Waals surface area contributed by atoms with E-state index in [1.165, 1.54) is 16.9 Å². The van der Waals surface area contributed by atoms with Crippen LogP contribution in [0.15, 0.2) is 48.1 Å². The minimum atomic E-state index is -0.520. The number of amides is 1. The number of aliphatic hydroxyl groups excluding tert-OH is 1. The number of hydrogen-bond acceptors (Lipinski definition) is 5. The molecule has 0 saturated heterocycles. The summed E-state index contributed by atoms with van der Waals surface area (Å²) in [6.45, 7) is 2.97. The first-order valence-electron chi connectivity index (χ1n) is 8.73. The summed E-state index contributed by atoms with van der Waals surface area (Å²) >= 11 is 1.42. The van der Waals surface area contributed by atoms with Crippen molar-refractivity contribution in [2.45, 2.75) is 19.6 Å². The number of aliphatic hydroxyl groups is 1. The van der Waals surface area contributed by atoms with Crippen molar-refractivity contribution in [1.29, 1.82) is 0 Å². The monoisotopic (exact) mass is 384 g/mol. The lowest BCUT2D eigenvalue weighted by Gasteiger charge is -2.15. The minimum absolute atomic E-state index is 0.158. The molecule has 0 fully saturated rings. The lowest BCUT2D eigenvalue weighted by atomic mass is 10.0. The molecule has 0 bridgehead atoms. The Bertz CT molecular complexity index is 899. The molecular weight excluding hydrogens is 360 g/mol. The summed E-state index contributed by atoms with van der Waals surface area (Å²) < 4.78 is 1.64. The normalized spacial score (nSPS) is 12.3. The lowest BCUT2D eigenvalue weighted by molar-refractivity contribution is 0.103. The molecule has 0 unspecified atom stereocenters. The highest BCUT2D eigenvalue weighted by Gasteiger charge is 2.16. The predicted octanol–water partition coefficient (Wildman–Crippen LogP) is 3.09.